The van der Waals surface area contributed by atoms with Crippen LogP contribution < -0.4 is 46.2 Å². The van der Waals surface area contributed by atoms with Crippen LogP contribution in [0.4, 0.5) is 0 Å². The van der Waals surface area contributed by atoms with Gasteiger partial charge in [0.2, 0.25) is 0 Å². The van der Waals surface area contributed by atoms with Crippen LogP contribution in [0.5, 0.6) is 11.5 Å². The Labute approximate surface area is 414 Å². The fraction of sp³-hybridized carbons (Fsp3) is 0. The molecule has 1 aliphatic heterocycles. The third kappa shape index (κ3) is 6.07. The molecule has 0 aliphatic carbocycles. The summed E-state index contributed by atoms with van der Waals surface area (Å²) in [5.74, 6) is 1.86. The quantitative estimate of drug-likeness (QED) is 0.110. The molecular weight excluding hydrogens is 893 g/mol. The minimum Gasteiger partial charge on any atom is -0.458 e. The summed E-state index contributed by atoms with van der Waals surface area (Å²) in [6.07, 6.45) is 0. The van der Waals surface area contributed by atoms with Crippen molar-refractivity contribution in [2.75, 3.05) is 0 Å². The molecule has 0 fully saturated rings. The van der Waals surface area contributed by atoms with E-state index in [4.69, 9.17) is 4.74 Å². The van der Waals surface area contributed by atoms with Gasteiger partial charge < -0.3 is 13.9 Å². The van der Waals surface area contributed by atoms with E-state index in [0.29, 0.717) is 0 Å². The maximum Gasteiger partial charge on any atom is 0.188 e. The highest BCUT2D eigenvalue weighted by atomic mass is 28.3. The van der Waals surface area contributed by atoms with E-state index in [9.17, 15) is 0 Å². The van der Waals surface area contributed by atoms with Gasteiger partial charge in [0.05, 0.1) is 27.8 Å². The largest absolute Gasteiger partial charge is 0.458 e. The van der Waals surface area contributed by atoms with Crippen molar-refractivity contribution in [1.29, 1.82) is 0 Å². The highest BCUT2D eigenvalue weighted by Crippen LogP contribution is 2.40. The molecule has 14 rings (SSSR count). The second kappa shape index (κ2) is 16.5. The fourth-order valence-electron chi connectivity index (χ4n) is 12.3. The van der Waals surface area contributed by atoms with Crippen LogP contribution in [-0.4, -0.2) is 25.3 Å². The first kappa shape index (κ1) is 41.2. The summed E-state index contributed by atoms with van der Waals surface area (Å²) >= 11 is 0. The second-order valence-electron chi connectivity index (χ2n) is 18.7. The summed E-state index contributed by atoms with van der Waals surface area (Å²) in [6.45, 7) is 0. The first-order valence-corrected chi connectivity index (χ1v) is 28.5. The summed E-state index contributed by atoms with van der Waals surface area (Å²) in [7, 11) is -5.69. The predicted molar refractivity (Wildman–Crippen MR) is 302 cm³/mol. The van der Waals surface area contributed by atoms with E-state index < -0.39 is 16.1 Å². The van der Waals surface area contributed by atoms with E-state index in [1.54, 1.807) is 0 Å². The van der Waals surface area contributed by atoms with Crippen LogP contribution >= 0.6 is 0 Å². The van der Waals surface area contributed by atoms with Crippen LogP contribution in [0.2, 0.25) is 0 Å². The van der Waals surface area contributed by atoms with Crippen molar-refractivity contribution < 1.29 is 4.74 Å². The zero-order valence-corrected chi connectivity index (χ0v) is 40.9. The summed E-state index contributed by atoms with van der Waals surface area (Å²) in [5, 5.41) is 15.5. The molecule has 0 bridgehead atoms. The molecule has 0 unspecified atom stereocenters. The molecule has 334 valence electrons. The fourth-order valence-corrected chi connectivity index (χ4v) is 22.0. The molecule has 0 saturated heterocycles. The maximum absolute atomic E-state index is 6.76. The van der Waals surface area contributed by atoms with E-state index in [-0.39, 0.29) is 0 Å². The second-order valence-corrected chi connectivity index (χ2v) is 26.3. The molecule has 3 nitrogen and oxygen atoms in total. The van der Waals surface area contributed by atoms with Gasteiger partial charge in [-0.15, -0.1) is 0 Å². The van der Waals surface area contributed by atoms with E-state index in [1.807, 2.05) is 0 Å². The number of para-hydroxylation sites is 5. The van der Waals surface area contributed by atoms with Gasteiger partial charge in [-0.25, -0.2) is 0 Å². The third-order valence-corrected chi connectivity index (χ3v) is 24.8. The van der Waals surface area contributed by atoms with Crippen molar-refractivity contribution in [1.82, 2.24) is 9.13 Å². The molecule has 0 N–H and O–H groups in total. The van der Waals surface area contributed by atoms with E-state index in [1.165, 1.54) is 85.1 Å². The zero-order valence-electron chi connectivity index (χ0n) is 38.9. The lowest BCUT2D eigenvalue weighted by Gasteiger charge is -2.39. The number of nitrogens with zero attached hydrogens (tertiary/aromatic N) is 2. The van der Waals surface area contributed by atoms with Gasteiger partial charge in [-0.3, -0.25) is 0 Å². The average molecular weight is 939 g/mol. The van der Waals surface area contributed by atoms with Gasteiger partial charge >= 0.3 is 0 Å². The average Bonchev–Trinajstić information content (AvgIpc) is 3.97. The van der Waals surface area contributed by atoms with Crippen molar-refractivity contribution in [3.8, 4) is 22.9 Å². The van der Waals surface area contributed by atoms with Crippen LogP contribution in [0, 0.1) is 0 Å². The number of hydrogen-bond acceptors (Lipinski definition) is 1. The van der Waals surface area contributed by atoms with Gasteiger partial charge in [-0.1, -0.05) is 231 Å². The zero-order chi connectivity index (χ0) is 46.9. The van der Waals surface area contributed by atoms with Gasteiger partial charge in [0.25, 0.3) is 0 Å². The first-order valence-electron chi connectivity index (χ1n) is 24.5. The number of fused-ring (bicyclic) bond motifs is 8. The van der Waals surface area contributed by atoms with Gasteiger partial charge in [-0.2, -0.15) is 0 Å². The van der Waals surface area contributed by atoms with Gasteiger partial charge in [0, 0.05) is 27.2 Å². The molecule has 11 aromatic carbocycles. The lowest BCUT2D eigenvalue weighted by molar-refractivity contribution is 0.487. The Balaban J connectivity index is 1.04. The Hall–Kier alpha value is -8.75. The van der Waals surface area contributed by atoms with Crippen LogP contribution in [-0.2, 0) is 0 Å². The number of benzene rings is 11. The summed E-state index contributed by atoms with van der Waals surface area (Å²) in [4.78, 5) is 0. The van der Waals surface area contributed by atoms with Crippen LogP contribution in [0.1, 0.15) is 0 Å². The first-order chi connectivity index (χ1) is 35.2. The standard InChI is InChI=1S/C66H46N2OSi2/c1-5-22-48(23-6-1)70(49-24-7-2-8-25-49,50-26-9-3-10-27-50)52-42-40-47(41-43-52)67-58-33-15-14-31-55(58)57-32-21-35-60(66(57)67)68-59-34-16-13-30-54(59)56-45-44-53(46-61(56)68)71(51-28-11-4-12-29-51)64-38-19-17-36-62(64)69-63-37-18-20-39-65(63)71/h1-46H. The molecule has 1 aliphatic rings. The van der Waals surface area contributed by atoms with Crippen molar-refractivity contribution in [2.24, 2.45) is 0 Å². The molecule has 5 heteroatoms. The highest BCUT2D eigenvalue weighted by molar-refractivity contribution is 7.21. The minimum absolute atomic E-state index is 0.930. The lowest BCUT2D eigenvalue weighted by Crippen LogP contribution is -2.76. The summed E-state index contributed by atoms with van der Waals surface area (Å²) in [5.41, 5.74) is 6.95. The van der Waals surface area contributed by atoms with E-state index in [0.717, 1.165) is 22.9 Å². The highest BCUT2D eigenvalue weighted by Gasteiger charge is 2.48. The Morgan fingerprint density at radius 1 is 0.310 bits per heavy atom. The molecule has 2 aromatic heterocycles. The summed E-state index contributed by atoms with van der Waals surface area (Å²) < 4.78 is 11.8. The topological polar surface area (TPSA) is 19.1 Å². The molecule has 0 amide bonds. The van der Waals surface area contributed by atoms with Gasteiger partial charge in [0.15, 0.2) is 16.1 Å². The van der Waals surface area contributed by atoms with Gasteiger partial charge in [0.1, 0.15) is 11.5 Å². The van der Waals surface area contributed by atoms with Crippen LogP contribution in [0.3, 0.4) is 0 Å². The SMILES string of the molecule is c1ccc([Si](c2ccccc2)(c2ccccc2)c2ccc(-n3c4ccccc4c4cccc(-n5c6ccccc6c6ccc([Si]7(c8ccccc8)c8ccccc8Oc8ccccc87)cc65)c43)cc2)cc1. The van der Waals surface area contributed by atoms with E-state index >= 15 is 0 Å². The van der Waals surface area contributed by atoms with Crippen molar-refractivity contribution >= 4 is 101 Å². The van der Waals surface area contributed by atoms with Gasteiger partial charge in [-0.05, 0) is 90.0 Å². The molecule has 0 spiro atoms. The normalized spacial score (nSPS) is 13.0. The number of aromatic nitrogens is 2. The monoisotopic (exact) mass is 938 g/mol. The molecule has 71 heavy (non-hydrogen) atoms. The van der Waals surface area contributed by atoms with Crippen LogP contribution in [0.25, 0.3) is 55.0 Å². The third-order valence-electron chi connectivity index (χ3n) is 15.2. The molecule has 0 radical (unpaired) electrons. The Bertz CT molecular complexity index is 3990. The number of rotatable bonds is 8. The molecular formula is C66H46N2OSi2. The molecule has 3 heterocycles. The van der Waals surface area contributed by atoms with Crippen molar-refractivity contribution in [3.05, 3.63) is 279 Å². The smallest absolute Gasteiger partial charge is 0.188 e. The van der Waals surface area contributed by atoms with Crippen LogP contribution in [0.15, 0.2) is 279 Å². The Morgan fingerprint density at radius 3 is 1.35 bits per heavy atom. The Morgan fingerprint density at radius 2 is 0.761 bits per heavy atom. The maximum atomic E-state index is 6.76. The van der Waals surface area contributed by atoms with Crippen molar-refractivity contribution in [3.63, 3.8) is 0 Å². The number of hydrogen-bond donors (Lipinski definition) is 0. The summed E-state index contributed by atoms with van der Waals surface area (Å²) in [6, 6.07) is 104. The van der Waals surface area contributed by atoms with Crippen molar-refractivity contribution in [2.45, 2.75) is 0 Å². The minimum atomic E-state index is -2.94. The lowest BCUT2D eigenvalue weighted by atomic mass is 10.1. The molecule has 0 atom stereocenters. The number of ether oxygens (including phenoxy) is 1. The predicted octanol–water partition coefficient (Wildman–Crippen LogP) is 10.7. The Kier molecular flexibility index (Phi) is 9.56. The molecule has 13 aromatic rings. The van der Waals surface area contributed by atoms with E-state index in [2.05, 4.69) is 288 Å². The molecule has 0 saturated carbocycles.